The lowest BCUT2D eigenvalue weighted by Crippen LogP contribution is -2.67. The Morgan fingerprint density at radius 2 is 1.62 bits per heavy atom. The van der Waals surface area contributed by atoms with Crippen molar-refractivity contribution >= 4 is 11.8 Å². The van der Waals surface area contributed by atoms with E-state index < -0.39 is 41.0 Å². The fourth-order valence-corrected chi connectivity index (χ4v) is 4.45. The largest absolute Gasteiger partial charge is 0.416 e. The molecule has 2 aliphatic rings. The number of carbonyl (C=O) groups excluding carboxylic acids is 2. The average Bonchev–Trinajstić information content (AvgIpc) is 3.31. The standard InChI is InChI=1S/C24H20F6N6O3/c1-13(34-20(37)15-4-16(23(25,26)27)6-17(5-15)24(28,29)30)19-32-12-33-36(19)18-3-2-14(7-31-18)21(38)35-8-22(9-35)10-39-11-22/h2-7,12-13H,8-11H2,1H3,(H,34,37)/t13-/m0/s1. The third-order valence-electron chi connectivity index (χ3n) is 6.53. The molecule has 0 bridgehead atoms. The number of carbonyl (C=O) groups is 2. The Morgan fingerprint density at radius 3 is 2.13 bits per heavy atom. The Kier molecular flexibility index (Phi) is 6.36. The molecule has 15 heteroatoms. The van der Waals surface area contributed by atoms with E-state index in [0.717, 1.165) is 6.33 Å². The molecule has 4 heterocycles. The van der Waals surface area contributed by atoms with Crippen LogP contribution in [0.1, 0.15) is 50.6 Å². The summed E-state index contributed by atoms with van der Waals surface area (Å²) in [6.45, 7) is 3.91. The van der Waals surface area contributed by atoms with Gasteiger partial charge in [-0.1, -0.05) is 0 Å². The molecule has 39 heavy (non-hydrogen) atoms. The normalized spacial score (nSPS) is 17.4. The van der Waals surface area contributed by atoms with Crippen LogP contribution in [-0.2, 0) is 17.1 Å². The molecule has 3 aromatic rings. The van der Waals surface area contributed by atoms with Crippen molar-refractivity contribution in [3.05, 3.63) is 70.9 Å². The highest BCUT2D eigenvalue weighted by atomic mass is 19.4. The van der Waals surface area contributed by atoms with Gasteiger partial charge in [0.15, 0.2) is 11.6 Å². The van der Waals surface area contributed by atoms with Gasteiger partial charge in [-0.15, -0.1) is 0 Å². The second kappa shape index (κ2) is 9.32. The Labute approximate surface area is 216 Å². The van der Waals surface area contributed by atoms with E-state index in [4.69, 9.17) is 4.74 Å². The minimum absolute atomic E-state index is 0.0569. The number of halogens is 6. The minimum Gasteiger partial charge on any atom is -0.380 e. The van der Waals surface area contributed by atoms with Crippen molar-refractivity contribution in [3.8, 4) is 5.82 Å². The van der Waals surface area contributed by atoms with Gasteiger partial charge in [-0.2, -0.15) is 36.1 Å². The first-order valence-electron chi connectivity index (χ1n) is 11.6. The molecule has 0 unspecified atom stereocenters. The summed E-state index contributed by atoms with van der Waals surface area (Å²) in [6.07, 6.45) is -7.69. The summed E-state index contributed by atoms with van der Waals surface area (Å²) in [5.74, 6) is -1.03. The highest BCUT2D eigenvalue weighted by Gasteiger charge is 2.50. The highest BCUT2D eigenvalue weighted by molar-refractivity contribution is 5.95. The van der Waals surface area contributed by atoms with Crippen molar-refractivity contribution in [1.82, 2.24) is 30.0 Å². The van der Waals surface area contributed by atoms with Gasteiger partial charge in [-0.25, -0.2) is 9.97 Å². The van der Waals surface area contributed by atoms with Gasteiger partial charge in [0.2, 0.25) is 0 Å². The molecule has 1 spiro atoms. The zero-order chi connectivity index (χ0) is 28.2. The molecule has 1 N–H and O–H groups in total. The Morgan fingerprint density at radius 1 is 0.974 bits per heavy atom. The number of aromatic nitrogens is 4. The second-order valence-corrected chi connectivity index (χ2v) is 9.58. The third kappa shape index (κ3) is 5.17. The summed E-state index contributed by atoms with van der Waals surface area (Å²) in [5, 5.41) is 6.39. The summed E-state index contributed by atoms with van der Waals surface area (Å²) in [5.41, 5.74) is -3.63. The maximum absolute atomic E-state index is 13.2. The fourth-order valence-electron chi connectivity index (χ4n) is 4.45. The van der Waals surface area contributed by atoms with Gasteiger partial charge in [0.05, 0.1) is 41.4 Å². The molecule has 0 radical (unpaired) electrons. The molecule has 1 aromatic carbocycles. The van der Waals surface area contributed by atoms with E-state index in [9.17, 15) is 35.9 Å². The molecular formula is C24H20F6N6O3. The molecule has 2 fully saturated rings. The summed E-state index contributed by atoms with van der Waals surface area (Å²) < 4.78 is 85.4. The first-order valence-corrected chi connectivity index (χ1v) is 11.6. The lowest BCUT2D eigenvalue weighted by molar-refractivity contribution is -0.176. The van der Waals surface area contributed by atoms with Crippen LogP contribution in [0.25, 0.3) is 5.82 Å². The van der Waals surface area contributed by atoms with Gasteiger partial charge < -0.3 is 15.0 Å². The average molecular weight is 554 g/mol. The van der Waals surface area contributed by atoms with Crippen molar-refractivity contribution in [2.75, 3.05) is 26.3 Å². The smallest absolute Gasteiger partial charge is 0.380 e. The molecule has 5 rings (SSSR count). The van der Waals surface area contributed by atoms with Crippen LogP contribution >= 0.6 is 0 Å². The van der Waals surface area contributed by atoms with Crippen LogP contribution < -0.4 is 5.32 Å². The van der Waals surface area contributed by atoms with Gasteiger partial charge in [-0.05, 0) is 37.3 Å². The monoisotopic (exact) mass is 554 g/mol. The van der Waals surface area contributed by atoms with Crippen LogP contribution in [0.15, 0.2) is 42.9 Å². The van der Waals surface area contributed by atoms with Crippen molar-refractivity contribution in [3.63, 3.8) is 0 Å². The number of amides is 2. The fraction of sp³-hybridized carbons (Fsp3) is 0.375. The Hall–Kier alpha value is -4.01. The predicted molar refractivity (Wildman–Crippen MR) is 121 cm³/mol. The quantitative estimate of drug-likeness (QED) is 0.483. The molecule has 2 aromatic heterocycles. The van der Waals surface area contributed by atoms with Crippen LogP contribution in [0.2, 0.25) is 0 Å². The second-order valence-electron chi connectivity index (χ2n) is 9.58. The van der Waals surface area contributed by atoms with Crippen LogP contribution in [0, 0.1) is 5.41 Å². The molecule has 0 aliphatic carbocycles. The summed E-state index contributed by atoms with van der Waals surface area (Å²) in [4.78, 5) is 35.3. The number of nitrogens with one attached hydrogen (secondary N) is 1. The van der Waals surface area contributed by atoms with Crippen LogP contribution in [0.4, 0.5) is 26.3 Å². The Balaban J connectivity index is 1.31. The predicted octanol–water partition coefficient (Wildman–Crippen LogP) is 3.66. The van der Waals surface area contributed by atoms with E-state index in [1.807, 2.05) is 0 Å². The first-order chi connectivity index (χ1) is 18.3. The van der Waals surface area contributed by atoms with Crippen LogP contribution in [0.5, 0.6) is 0 Å². The topological polar surface area (TPSA) is 102 Å². The summed E-state index contributed by atoms with van der Waals surface area (Å²) in [7, 11) is 0. The highest BCUT2D eigenvalue weighted by Crippen LogP contribution is 2.38. The molecule has 2 amide bonds. The van der Waals surface area contributed by atoms with Crippen molar-refractivity contribution in [1.29, 1.82) is 0 Å². The number of alkyl halides is 6. The van der Waals surface area contributed by atoms with Crippen molar-refractivity contribution in [2.24, 2.45) is 5.41 Å². The molecule has 1 atom stereocenters. The summed E-state index contributed by atoms with van der Waals surface area (Å²) >= 11 is 0. The van der Waals surface area contributed by atoms with E-state index in [2.05, 4.69) is 20.4 Å². The van der Waals surface area contributed by atoms with Gasteiger partial charge in [-0.3, -0.25) is 9.59 Å². The third-order valence-corrected chi connectivity index (χ3v) is 6.53. The number of ether oxygens (including phenoxy) is 1. The SMILES string of the molecule is C[C@H](NC(=O)c1cc(C(F)(F)F)cc(C(F)(F)F)c1)c1ncnn1-c1ccc(C(=O)N2CC3(COC3)C2)cn1. The van der Waals surface area contributed by atoms with Crippen molar-refractivity contribution < 1.29 is 40.7 Å². The van der Waals surface area contributed by atoms with Crippen molar-refractivity contribution in [2.45, 2.75) is 25.3 Å². The van der Waals surface area contributed by atoms with E-state index >= 15 is 0 Å². The summed E-state index contributed by atoms with van der Waals surface area (Å²) in [6, 6.07) is 2.69. The number of pyridine rings is 1. The lowest BCUT2D eigenvalue weighted by Gasteiger charge is -2.54. The zero-order valence-corrected chi connectivity index (χ0v) is 20.2. The number of benzene rings is 1. The molecule has 0 saturated carbocycles. The number of rotatable bonds is 5. The van der Waals surface area contributed by atoms with Gasteiger partial charge in [0.25, 0.3) is 11.8 Å². The maximum atomic E-state index is 13.2. The van der Waals surface area contributed by atoms with E-state index in [1.54, 1.807) is 11.0 Å². The van der Waals surface area contributed by atoms with Gasteiger partial charge in [0, 0.05) is 24.8 Å². The molecule has 2 saturated heterocycles. The molecule has 2 aliphatic heterocycles. The number of hydrogen-bond acceptors (Lipinski definition) is 6. The Bertz CT molecular complexity index is 1370. The minimum atomic E-state index is -5.09. The van der Waals surface area contributed by atoms with Gasteiger partial charge in [0.1, 0.15) is 6.33 Å². The lowest BCUT2D eigenvalue weighted by atomic mass is 9.78. The van der Waals surface area contributed by atoms with E-state index in [1.165, 1.54) is 23.9 Å². The molecular weight excluding hydrogens is 534 g/mol. The molecule has 206 valence electrons. The molecule has 9 nitrogen and oxygen atoms in total. The van der Waals surface area contributed by atoms with E-state index in [-0.39, 0.29) is 29.0 Å². The maximum Gasteiger partial charge on any atom is 0.416 e. The first kappa shape index (κ1) is 26.6. The zero-order valence-electron chi connectivity index (χ0n) is 20.2. The number of hydrogen-bond donors (Lipinski definition) is 1. The number of nitrogens with zero attached hydrogens (tertiary/aromatic N) is 5. The van der Waals surface area contributed by atoms with Gasteiger partial charge >= 0.3 is 12.4 Å². The number of likely N-dealkylation sites (tertiary alicyclic amines) is 1. The van der Waals surface area contributed by atoms with Crippen LogP contribution in [0.3, 0.4) is 0 Å². The van der Waals surface area contributed by atoms with E-state index in [0.29, 0.717) is 44.0 Å². The van der Waals surface area contributed by atoms with Crippen LogP contribution in [-0.4, -0.2) is 62.8 Å².